The summed E-state index contributed by atoms with van der Waals surface area (Å²) >= 11 is 1.29. The average Bonchev–Trinajstić information content (AvgIpc) is 2.40. The molecule has 2 rings (SSSR count). The zero-order valence-electron chi connectivity index (χ0n) is 10.4. The first-order valence-corrected chi connectivity index (χ1v) is 6.59. The first kappa shape index (κ1) is 13.6. The number of benzene rings is 1. The lowest BCUT2D eigenvalue weighted by Crippen LogP contribution is -2.27. The molecule has 0 aliphatic carbocycles. The molecule has 2 amide bonds. The molecule has 1 aliphatic rings. The zero-order chi connectivity index (χ0) is 13.7. The highest BCUT2D eigenvalue weighted by Gasteiger charge is 2.21. The molecule has 0 atom stereocenters. The van der Waals surface area contributed by atoms with Crippen molar-refractivity contribution in [3.63, 3.8) is 0 Å². The summed E-state index contributed by atoms with van der Waals surface area (Å²) < 4.78 is 4.83. The lowest BCUT2D eigenvalue weighted by Gasteiger charge is -2.17. The predicted molar refractivity (Wildman–Crippen MR) is 73.9 cm³/mol. The van der Waals surface area contributed by atoms with E-state index in [1.807, 2.05) is 24.3 Å². The number of rotatable bonds is 4. The van der Waals surface area contributed by atoms with Crippen LogP contribution in [-0.2, 0) is 14.3 Å². The van der Waals surface area contributed by atoms with Gasteiger partial charge in [-0.3, -0.25) is 9.59 Å². The number of carbonyl (C=O) groups is 2. The summed E-state index contributed by atoms with van der Waals surface area (Å²) in [5.74, 6) is -0.556. The third kappa shape index (κ3) is 3.59. The number of hydrogen-bond donors (Lipinski definition) is 2. The van der Waals surface area contributed by atoms with Crippen LogP contribution in [0.25, 0.3) is 0 Å². The highest BCUT2D eigenvalue weighted by atomic mass is 32.2. The number of carbonyl (C=O) groups excluding carboxylic acids is 2. The molecule has 0 saturated carbocycles. The molecule has 100 valence electrons. The zero-order valence-corrected chi connectivity index (χ0v) is 11.3. The summed E-state index contributed by atoms with van der Waals surface area (Å²) in [4.78, 5) is 24.7. The minimum absolute atomic E-state index is 0.259. The Morgan fingerprint density at radius 3 is 3.05 bits per heavy atom. The van der Waals surface area contributed by atoms with E-state index in [1.165, 1.54) is 17.8 Å². The van der Waals surface area contributed by atoms with Gasteiger partial charge in [-0.15, -0.1) is 0 Å². The van der Waals surface area contributed by atoms with Gasteiger partial charge >= 0.3 is 0 Å². The van der Waals surface area contributed by atoms with Gasteiger partial charge in [-0.25, -0.2) is 0 Å². The lowest BCUT2D eigenvalue weighted by atomic mass is 10.3. The Morgan fingerprint density at radius 2 is 2.26 bits per heavy atom. The van der Waals surface area contributed by atoms with Crippen molar-refractivity contribution in [3.8, 4) is 0 Å². The molecular weight excluding hydrogens is 264 g/mol. The second kappa shape index (κ2) is 6.40. The van der Waals surface area contributed by atoms with Gasteiger partial charge in [0, 0.05) is 24.6 Å². The number of amides is 2. The van der Waals surface area contributed by atoms with Gasteiger partial charge in [-0.2, -0.15) is 0 Å². The third-order valence-corrected chi connectivity index (χ3v) is 3.55. The van der Waals surface area contributed by atoms with Crippen molar-refractivity contribution >= 4 is 29.3 Å². The molecular formula is C13H14N2O3S. The van der Waals surface area contributed by atoms with Gasteiger partial charge in [0.1, 0.15) is 0 Å². The van der Waals surface area contributed by atoms with Crippen LogP contribution in [0.5, 0.6) is 0 Å². The number of nitrogens with one attached hydrogen (secondary N) is 2. The van der Waals surface area contributed by atoms with Crippen LogP contribution in [0.2, 0.25) is 0 Å². The Balaban J connectivity index is 2.05. The average molecular weight is 278 g/mol. The van der Waals surface area contributed by atoms with Crippen molar-refractivity contribution in [3.05, 3.63) is 35.2 Å². The summed E-state index contributed by atoms with van der Waals surface area (Å²) in [6, 6.07) is 7.47. The van der Waals surface area contributed by atoms with Gasteiger partial charge in [0.15, 0.2) is 0 Å². The lowest BCUT2D eigenvalue weighted by molar-refractivity contribution is -0.117. The fourth-order valence-electron chi connectivity index (χ4n) is 1.55. The molecule has 19 heavy (non-hydrogen) atoms. The molecule has 0 spiro atoms. The van der Waals surface area contributed by atoms with E-state index in [9.17, 15) is 9.59 Å². The predicted octanol–water partition coefficient (Wildman–Crippen LogP) is 1.38. The van der Waals surface area contributed by atoms with Crippen LogP contribution < -0.4 is 10.6 Å². The number of thioether (sulfide) groups is 1. The first-order chi connectivity index (χ1) is 9.20. The monoisotopic (exact) mass is 278 g/mol. The Bertz CT molecular complexity index is 528. The molecule has 0 saturated heterocycles. The third-order valence-electron chi connectivity index (χ3n) is 2.45. The second-order valence-electron chi connectivity index (χ2n) is 3.84. The van der Waals surface area contributed by atoms with Crippen molar-refractivity contribution in [2.45, 2.75) is 4.90 Å². The van der Waals surface area contributed by atoms with E-state index < -0.39 is 0 Å². The molecule has 1 heterocycles. The second-order valence-corrected chi connectivity index (χ2v) is 4.93. The standard InChI is InChI=1S/C13H14N2O3S/c1-18-7-6-14-12(16)8-11-13(17)15-9-4-2-3-5-10(9)19-11/h2-5,8H,6-7H2,1H3,(H,14,16)(H,15,17)/b11-8-. The van der Waals surface area contributed by atoms with Gasteiger partial charge in [-0.1, -0.05) is 23.9 Å². The largest absolute Gasteiger partial charge is 0.383 e. The van der Waals surface area contributed by atoms with E-state index in [0.29, 0.717) is 18.1 Å². The number of hydrogen-bond acceptors (Lipinski definition) is 4. The molecule has 1 aromatic carbocycles. The van der Waals surface area contributed by atoms with Crippen LogP contribution in [0.15, 0.2) is 40.1 Å². The summed E-state index contributed by atoms with van der Waals surface area (Å²) in [7, 11) is 1.56. The van der Waals surface area contributed by atoms with Crippen molar-refractivity contribution in [1.29, 1.82) is 0 Å². The van der Waals surface area contributed by atoms with Gasteiger partial charge in [0.25, 0.3) is 5.91 Å². The minimum atomic E-state index is -0.297. The fourth-order valence-corrected chi connectivity index (χ4v) is 2.47. The number of anilines is 1. The van der Waals surface area contributed by atoms with Gasteiger partial charge in [-0.05, 0) is 12.1 Å². The summed E-state index contributed by atoms with van der Waals surface area (Å²) in [6.07, 6.45) is 1.31. The van der Waals surface area contributed by atoms with Gasteiger partial charge in [0.05, 0.1) is 17.2 Å². The summed E-state index contributed by atoms with van der Waals surface area (Å²) in [5, 5.41) is 5.39. The fraction of sp³-hybridized carbons (Fsp3) is 0.231. The Kier molecular flexibility index (Phi) is 4.59. The number of ether oxygens (including phenoxy) is 1. The van der Waals surface area contributed by atoms with E-state index in [1.54, 1.807) is 7.11 Å². The molecule has 0 unspecified atom stereocenters. The van der Waals surface area contributed by atoms with Crippen molar-refractivity contribution < 1.29 is 14.3 Å². The number of fused-ring (bicyclic) bond motifs is 1. The molecule has 1 aromatic rings. The maximum Gasteiger partial charge on any atom is 0.262 e. The number of para-hydroxylation sites is 1. The molecule has 5 nitrogen and oxygen atoms in total. The topological polar surface area (TPSA) is 67.4 Å². The smallest absolute Gasteiger partial charge is 0.262 e. The molecule has 6 heteroatoms. The van der Waals surface area contributed by atoms with Crippen molar-refractivity contribution in [2.24, 2.45) is 0 Å². The molecule has 0 fully saturated rings. The van der Waals surface area contributed by atoms with Crippen LogP contribution in [-0.4, -0.2) is 32.1 Å². The van der Waals surface area contributed by atoms with Crippen molar-refractivity contribution in [2.75, 3.05) is 25.6 Å². The van der Waals surface area contributed by atoms with Crippen LogP contribution in [0.1, 0.15) is 0 Å². The Morgan fingerprint density at radius 1 is 1.47 bits per heavy atom. The maximum absolute atomic E-state index is 11.8. The molecule has 1 aliphatic heterocycles. The van der Waals surface area contributed by atoms with Crippen LogP contribution in [0, 0.1) is 0 Å². The summed E-state index contributed by atoms with van der Waals surface area (Å²) in [5.41, 5.74) is 0.773. The van der Waals surface area contributed by atoms with E-state index in [2.05, 4.69) is 10.6 Å². The molecule has 0 bridgehead atoms. The minimum Gasteiger partial charge on any atom is -0.383 e. The van der Waals surface area contributed by atoms with E-state index in [4.69, 9.17) is 4.74 Å². The van der Waals surface area contributed by atoms with Crippen LogP contribution in [0.4, 0.5) is 5.69 Å². The first-order valence-electron chi connectivity index (χ1n) is 5.77. The Labute approximate surface area is 115 Å². The molecule has 0 aromatic heterocycles. The summed E-state index contributed by atoms with van der Waals surface area (Å²) in [6.45, 7) is 0.860. The normalized spacial score (nSPS) is 15.8. The van der Waals surface area contributed by atoms with Crippen LogP contribution >= 0.6 is 11.8 Å². The van der Waals surface area contributed by atoms with Gasteiger partial charge < -0.3 is 15.4 Å². The highest BCUT2D eigenvalue weighted by molar-refractivity contribution is 8.04. The number of methoxy groups -OCH3 is 1. The Hall–Kier alpha value is -1.79. The maximum atomic E-state index is 11.8. The van der Waals surface area contributed by atoms with Crippen molar-refractivity contribution in [1.82, 2.24) is 5.32 Å². The SMILES string of the molecule is COCCNC(=O)/C=C1\Sc2ccccc2NC1=O. The molecule has 2 N–H and O–H groups in total. The highest BCUT2D eigenvalue weighted by Crippen LogP contribution is 2.37. The van der Waals surface area contributed by atoms with E-state index in [-0.39, 0.29) is 11.8 Å². The van der Waals surface area contributed by atoms with Gasteiger partial charge in [0.2, 0.25) is 5.91 Å². The van der Waals surface area contributed by atoms with E-state index in [0.717, 1.165) is 10.6 Å². The quantitative estimate of drug-likeness (QED) is 0.645. The van der Waals surface area contributed by atoms with E-state index >= 15 is 0 Å². The molecule has 0 radical (unpaired) electrons. The van der Waals surface area contributed by atoms with Crippen LogP contribution in [0.3, 0.4) is 0 Å².